The summed E-state index contributed by atoms with van der Waals surface area (Å²) >= 11 is 0. The number of carbonyl (C=O) groups excluding carboxylic acids is 3. The SMILES string of the molecule is Cc1ccc(NC(=O)CN(C)C(=O)COC(=O)c2cc(-c3ccccc3)n[nH]2)cc1. The molecule has 0 bridgehead atoms. The lowest BCUT2D eigenvalue weighted by Gasteiger charge is -2.16. The Kier molecular flexibility index (Phi) is 6.59. The molecule has 2 N–H and O–H groups in total. The average molecular weight is 406 g/mol. The van der Waals surface area contributed by atoms with E-state index >= 15 is 0 Å². The Labute approximate surface area is 173 Å². The molecule has 0 aliphatic heterocycles. The number of ether oxygens (including phenoxy) is 1. The van der Waals surface area contributed by atoms with E-state index in [0.717, 1.165) is 11.1 Å². The third-order valence-electron chi connectivity index (χ3n) is 4.34. The Balaban J connectivity index is 1.47. The molecule has 8 nitrogen and oxygen atoms in total. The molecule has 0 aliphatic rings. The van der Waals surface area contributed by atoms with E-state index in [9.17, 15) is 14.4 Å². The Morgan fingerprint density at radius 2 is 1.77 bits per heavy atom. The van der Waals surface area contributed by atoms with Gasteiger partial charge in [0.2, 0.25) is 5.91 Å². The number of hydrogen-bond acceptors (Lipinski definition) is 5. The fraction of sp³-hybridized carbons (Fsp3) is 0.182. The first kappa shape index (κ1) is 20.8. The summed E-state index contributed by atoms with van der Waals surface area (Å²) < 4.78 is 5.04. The third kappa shape index (κ3) is 5.54. The number of rotatable bonds is 7. The summed E-state index contributed by atoms with van der Waals surface area (Å²) in [5.74, 6) is -1.54. The monoisotopic (exact) mass is 406 g/mol. The number of benzene rings is 2. The van der Waals surface area contributed by atoms with E-state index in [2.05, 4.69) is 15.5 Å². The summed E-state index contributed by atoms with van der Waals surface area (Å²) in [4.78, 5) is 37.6. The summed E-state index contributed by atoms with van der Waals surface area (Å²) in [6, 6.07) is 18.2. The maximum absolute atomic E-state index is 12.2. The van der Waals surface area contributed by atoms with Crippen molar-refractivity contribution in [3.05, 3.63) is 71.9 Å². The predicted molar refractivity (Wildman–Crippen MR) is 112 cm³/mol. The second-order valence-electron chi connectivity index (χ2n) is 6.77. The zero-order valence-electron chi connectivity index (χ0n) is 16.7. The number of H-pyrrole nitrogens is 1. The maximum atomic E-state index is 12.2. The number of carbonyl (C=O) groups is 3. The number of hydrogen-bond donors (Lipinski definition) is 2. The van der Waals surface area contributed by atoms with Crippen molar-refractivity contribution in [3.8, 4) is 11.3 Å². The van der Waals surface area contributed by atoms with Gasteiger partial charge in [-0.2, -0.15) is 5.10 Å². The smallest absolute Gasteiger partial charge is 0.356 e. The Morgan fingerprint density at radius 3 is 2.47 bits per heavy atom. The second kappa shape index (κ2) is 9.51. The third-order valence-corrected chi connectivity index (χ3v) is 4.34. The van der Waals surface area contributed by atoms with Crippen LogP contribution in [0.5, 0.6) is 0 Å². The number of nitrogens with zero attached hydrogens (tertiary/aromatic N) is 2. The molecule has 154 valence electrons. The van der Waals surface area contributed by atoms with Gasteiger partial charge in [-0.3, -0.25) is 14.7 Å². The minimum atomic E-state index is -0.699. The van der Waals surface area contributed by atoms with E-state index in [-0.39, 0.29) is 18.1 Å². The predicted octanol–water partition coefficient (Wildman–Crippen LogP) is 2.64. The number of amides is 2. The Morgan fingerprint density at radius 1 is 1.07 bits per heavy atom. The van der Waals surface area contributed by atoms with Gasteiger partial charge in [0.15, 0.2) is 6.61 Å². The molecule has 0 saturated heterocycles. The maximum Gasteiger partial charge on any atom is 0.356 e. The Hall–Kier alpha value is -3.94. The summed E-state index contributed by atoms with van der Waals surface area (Å²) in [5, 5.41) is 9.40. The van der Waals surface area contributed by atoms with E-state index < -0.39 is 18.5 Å². The number of anilines is 1. The number of likely N-dealkylation sites (N-methyl/N-ethyl adjacent to an activating group) is 1. The first-order valence-corrected chi connectivity index (χ1v) is 9.31. The fourth-order valence-electron chi connectivity index (χ4n) is 2.64. The highest BCUT2D eigenvalue weighted by Crippen LogP contribution is 2.17. The van der Waals surface area contributed by atoms with Gasteiger partial charge in [-0.05, 0) is 25.1 Å². The van der Waals surface area contributed by atoms with E-state index in [0.29, 0.717) is 11.4 Å². The van der Waals surface area contributed by atoms with Crippen LogP contribution in [0.4, 0.5) is 5.69 Å². The van der Waals surface area contributed by atoms with E-state index in [1.165, 1.54) is 11.9 Å². The highest BCUT2D eigenvalue weighted by Gasteiger charge is 2.17. The average Bonchev–Trinajstić information content (AvgIpc) is 3.24. The summed E-state index contributed by atoms with van der Waals surface area (Å²) in [6.45, 7) is 1.31. The zero-order chi connectivity index (χ0) is 21.5. The van der Waals surface area contributed by atoms with Gasteiger partial charge in [-0.25, -0.2) is 4.79 Å². The highest BCUT2D eigenvalue weighted by molar-refractivity contribution is 5.95. The van der Waals surface area contributed by atoms with Crippen LogP contribution in [0.2, 0.25) is 0 Å². The lowest BCUT2D eigenvalue weighted by Crippen LogP contribution is -2.37. The summed E-state index contributed by atoms with van der Waals surface area (Å²) in [6.07, 6.45) is 0. The van der Waals surface area contributed by atoms with Gasteiger partial charge >= 0.3 is 5.97 Å². The van der Waals surface area contributed by atoms with Crippen LogP contribution < -0.4 is 5.32 Å². The number of nitrogens with one attached hydrogen (secondary N) is 2. The van der Waals surface area contributed by atoms with E-state index in [1.54, 1.807) is 18.2 Å². The minimum absolute atomic E-state index is 0.140. The largest absolute Gasteiger partial charge is 0.451 e. The molecule has 3 rings (SSSR count). The van der Waals surface area contributed by atoms with Crippen molar-refractivity contribution in [2.24, 2.45) is 0 Å². The Bertz CT molecular complexity index is 1030. The molecule has 2 amide bonds. The normalized spacial score (nSPS) is 10.3. The molecule has 30 heavy (non-hydrogen) atoms. The van der Waals surface area contributed by atoms with E-state index in [4.69, 9.17) is 4.74 Å². The molecule has 0 fully saturated rings. The van der Waals surface area contributed by atoms with Crippen molar-refractivity contribution < 1.29 is 19.1 Å². The molecule has 3 aromatic rings. The number of aromatic nitrogens is 2. The molecular formula is C22H22N4O4. The lowest BCUT2D eigenvalue weighted by atomic mass is 10.1. The van der Waals surface area contributed by atoms with Gasteiger partial charge in [0.05, 0.1) is 12.2 Å². The zero-order valence-corrected chi connectivity index (χ0v) is 16.7. The van der Waals surface area contributed by atoms with Crippen LogP contribution in [0.25, 0.3) is 11.3 Å². The van der Waals surface area contributed by atoms with Crippen LogP contribution in [-0.4, -0.2) is 53.1 Å². The molecule has 0 saturated carbocycles. The molecule has 2 aromatic carbocycles. The van der Waals surface area contributed by atoms with Crippen molar-refractivity contribution in [2.45, 2.75) is 6.92 Å². The van der Waals surface area contributed by atoms with E-state index in [1.807, 2.05) is 49.4 Å². The number of aromatic amines is 1. The highest BCUT2D eigenvalue weighted by atomic mass is 16.5. The topological polar surface area (TPSA) is 104 Å². The standard InChI is InChI=1S/C22H22N4O4/c1-15-8-10-17(11-9-15)23-20(27)13-26(2)21(28)14-30-22(29)19-12-18(24-25-19)16-6-4-3-5-7-16/h3-12H,13-14H2,1-2H3,(H,23,27)(H,24,25). The number of esters is 1. The summed E-state index contributed by atoms with van der Waals surface area (Å²) in [7, 11) is 1.47. The van der Waals surface area contributed by atoms with Crippen LogP contribution in [-0.2, 0) is 14.3 Å². The molecule has 1 aromatic heterocycles. The lowest BCUT2D eigenvalue weighted by molar-refractivity contribution is -0.136. The molecule has 0 atom stereocenters. The van der Waals surface area contributed by atoms with Crippen molar-refractivity contribution in [1.82, 2.24) is 15.1 Å². The molecule has 1 heterocycles. The second-order valence-corrected chi connectivity index (χ2v) is 6.77. The quantitative estimate of drug-likeness (QED) is 0.587. The van der Waals surface area contributed by atoms with Crippen LogP contribution in [0, 0.1) is 6.92 Å². The van der Waals surface area contributed by atoms with Crippen LogP contribution in [0.1, 0.15) is 16.1 Å². The van der Waals surface area contributed by atoms with Crippen LogP contribution in [0.3, 0.4) is 0 Å². The first-order valence-electron chi connectivity index (χ1n) is 9.31. The molecule has 0 radical (unpaired) electrons. The molecule has 0 aliphatic carbocycles. The van der Waals surface area contributed by atoms with Crippen molar-refractivity contribution in [1.29, 1.82) is 0 Å². The van der Waals surface area contributed by atoms with Gasteiger partial charge in [-0.15, -0.1) is 0 Å². The van der Waals surface area contributed by atoms with Crippen molar-refractivity contribution in [2.75, 3.05) is 25.5 Å². The molecule has 0 spiro atoms. The van der Waals surface area contributed by atoms with Gasteiger partial charge in [-0.1, -0.05) is 48.0 Å². The van der Waals surface area contributed by atoms with Gasteiger partial charge in [0.1, 0.15) is 5.69 Å². The van der Waals surface area contributed by atoms with Gasteiger partial charge < -0.3 is 15.0 Å². The molecule has 8 heteroatoms. The molecular weight excluding hydrogens is 384 g/mol. The fourth-order valence-corrected chi connectivity index (χ4v) is 2.64. The minimum Gasteiger partial charge on any atom is -0.451 e. The first-order chi connectivity index (χ1) is 14.4. The number of aryl methyl sites for hydroxylation is 1. The molecule has 0 unspecified atom stereocenters. The van der Waals surface area contributed by atoms with Gasteiger partial charge in [0.25, 0.3) is 5.91 Å². The van der Waals surface area contributed by atoms with Gasteiger partial charge in [0, 0.05) is 18.3 Å². The van der Waals surface area contributed by atoms with Crippen LogP contribution in [0.15, 0.2) is 60.7 Å². The van der Waals surface area contributed by atoms with Crippen LogP contribution >= 0.6 is 0 Å². The van der Waals surface area contributed by atoms with Crippen molar-refractivity contribution in [3.63, 3.8) is 0 Å². The summed E-state index contributed by atoms with van der Waals surface area (Å²) in [5.41, 5.74) is 3.31. The van der Waals surface area contributed by atoms with Crippen molar-refractivity contribution >= 4 is 23.5 Å².